The van der Waals surface area contributed by atoms with Crippen molar-refractivity contribution in [2.75, 3.05) is 5.32 Å². The van der Waals surface area contributed by atoms with Crippen LogP contribution in [0.1, 0.15) is 20.8 Å². The van der Waals surface area contributed by atoms with Gasteiger partial charge in [-0.25, -0.2) is 9.18 Å². The van der Waals surface area contributed by atoms with Gasteiger partial charge in [0.05, 0.1) is 4.92 Å². The monoisotopic (exact) mass is 256 g/mol. The van der Waals surface area contributed by atoms with E-state index in [-0.39, 0.29) is 0 Å². The van der Waals surface area contributed by atoms with E-state index in [4.69, 9.17) is 4.74 Å². The Morgan fingerprint density at radius 2 is 2.06 bits per heavy atom. The number of carbonyl (C=O) groups is 1. The van der Waals surface area contributed by atoms with E-state index in [0.29, 0.717) is 0 Å². The lowest BCUT2D eigenvalue weighted by Gasteiger charge is -2.19. The third kappa shape index (κ3) is 3.69. The van der Waals surface area contributed by atoms with Gasteiger partial charge in [-0.05, 0) is 26.8 Å². The van der Waals surface area contributed by atoms with Gasteiger partial charge in [0, 0.05) is 6.07 Å². The average Bonchev–Trinajstić information content (AvgIpc) is 2.17. The number of ether oxygens (including phenoxy) is 1. The minimum Gasteiger partial charge on any atom is -0.444 e. The molecule has 0 radical (unpaired) electrons. The summed E-state index contributed by atoms with van der Waals surface area (Å²) < 4.78 is 18.3. The van der Waals surface area contributed by atoms with Crippen molar-refractivity contribution in [3.63, 3.8) is 0 Å². The molecular weight excluding hydrogens is 243 g/mol. The summed E-state index contributed by atoms with van der Waals surface area (Å²) >= 11 is 0. The fourth-order valence-corrected chi connectivity index (χ4v) is 1.19. The molecule has 1 N–H and O–H groups in total. The Morgan fingerprint density at radius 1 is 1.44 bits per heavy atom. The summed E-state index contributed by atoms with van der Waals surface area (Å²) in [6.07, 6.45) is -0.948. The molecule has 0 aliphatic rings. The van der Waals surface area contributed by atoms with Crippen LogP contribution in [0.15, 0.2) is 18.2 Å². The number of para-hydroxylation sites is 1. The van der Waals surface area contributed by atoms with Crippen molar-refractivity contribution >= 4 is 17.5 Å². The summed E-state index contributed by atoms with van der Waals surface area (Å²) in [5.41, 5.74) is -1.80. The SMILES string of the molecule is CC(C)(C)OC(=O)Nc1c(F)cccc1[N+](=O)[O-]. The maximum Gasteiger partial charge on any atom is 0.412 e. The second kappa shape index (κ2) is 4.99. The molecular formula is C11H13FN2O4. The second-order valence-electron chi connectivity index (χ2n) is 4.52. The van der Waals surface area contributed by atoms with Crippen LogP contribution in [0, 0.1) is 15.9 Å². The summed E-state index contributed by atoms with van der Waals surface area (Å²) in [6.45, 7) is 4.88. The van der Waals surface area contributed by atoms with Crippen molar-refractivity contribution in [2.45, 2.75) is 26.4 Å². The van der Waals surface area contributed by atoms with Crippen molar-refractivity contribution in [1.29, 1.82) is 0 Å². The molecule has 0 aromatic heterocycles. The van der Waals surface area contributed by atoms with Gasteiger partial charge in [0.2, 0.25) is 0 Å². The Kier molecular flexibility index (Phi) is 3.85. The van der Waals surface area contributed by atoms with Gasteiger partial charge in [-0.2, -0.15) is 0 Å². The molecule has 0 aliphatic carbocycles. The third-order valence-electron chi connectivity index (χ3n) is 1.81. The molecule has 0 unspecified atom stereocenters. The molecule has 0 saturated carbocycles. The molecule has 1 aromatic rings. The molecule has 1 rings (SSSR count). The van der Waals surface area contributed by atoms with Gasteiger partial charge in [0.25, 0.3) is 5.69 Å². The first-order valence-electron chi connectivity index (χ1n) is 5.13. The summed E-state index contributed by atoms with van der Waals surface area (Å²) in [4.78, 5) is 21.3. The number of nitrogens with zero attached hydrogens (tertiary/aromatic N) is 1. The maximum atomic E-state index is 13.4. The van der Waals surface area contributed by atoms with E-state index in [2.05, 4.69) is 0 Å². The molecule has 1 aromatic carbocycles. The summed E-state index contributed by atoms with van der Waals surface area (Å²) in [5.74, 6) is -0.893. The van der Waals surface area contributed by atoms with E-state index in [1.165, 1.54) is 6.07 Å². The molecule has 0 fully saturated rings. The van der Waals surface area contributed by atoms with Gasteiger partial charge in [0.15, 0.2) is 11.5 Å². The highest BCUT2D eigenvalue weighted by molar-refractivity contribution is 5.88. The molecule has 0 aliphatic heterocycles. The number of nitro groups is 1. The molecule has 18 heavy (non-hydrogen) atoms. The molecule has 0 atom stereocenters. The first-order valence-corrected chi connectivity index (χ1v) is 5.13. The van der Waals surface area contributed by atoms with Crippen molar-refractivity contribution in [3.05, 3.63) is 34.1 Å². The largest absolute Gasteiger partial charge is 0.444 e. The summed E-state index contributed by atoms with van der Waals surface area (Å²) in [7, 11) is 0. The van der Waals surface area contributed by atoms with Crippen molar-refractivity contribution in [1.82, 2.24) is 0 Å². The number of hydrogen-bond donors (Lipinski definition) is 1. The molecule has 0 saturated heterocycles. The van der Waals surface area contributed by atoms with Crippen LogP contribution in [0.2, 0.25) is 0 Å². The number of halogens is 1. The van der Waals surface area contributed by atoms with Crippen LogP contribution in [0.3, 0.4) is 0 Å². The van der Waals surface area contributed by atoms with E-state index in [0.717, 1.165) is 12.1 Å². The Bertz CT molecular complexity index is 482. The molecule has 98 valence electrons. The Labute approximate surface area is 103 Å². The van der Waals surface area contributed by atoms with Crippen molar-refractivity contribution in [2.24, 2.45) is 0 Å². The van der Waals surface area contributed by atoms with Crippen LogP contribution in [0.5, 0.6) is 0 Å². The number of benzene rings is 1. The van der Waals surface area contributed by atoms with E-state index in [1.54, 1.807) is 20.8 Å². The lowest BCUT2D eigenvalue weighted by atomic mass is 10.2. The summed E-state index contributed by atoms with van der Waals surface area (Å²) in [6, 6.07) is 3.29. The highest BCUT2D eigenvalue weighted by atomic mass is 19.1. The number of nitrogens with one attached hydrogen (secondary N) is 1. The highest BCUT2D eigenvalue weighted by Crippen LogP contribution is 2.27. The number of carbonyl (C=O) groups excluding carboxylic acids is 1. The quantitative estimate of drug-likeness (QED) is 0.651. The molecule has 0 heterocycles. The zero-order valence-corrected chi connectivity index (χ0v) is 10.2. The second-order valence-corrected chi connectivity index (χ2v) is 4.52. The number of rotatable bonds is 2. The summed E-state index contributed by atoms with van der Waals surface area (Å²) in [5, 5.41) is 12.7. The zero-order chi connectivity index (χ0) is 13.9. The molecule has 7 heteroatoms. The molecule has 0 spiro atoms. The Balaban J connectivity index is 2.97. The van der Waals surface area contributed by atoms with E-state index >= 15 is 0 Å². The van der Waals surface area contributed by atoms with Gasteiger partial charge in [-0.15, -0.1) is 0 Å². The normalized spacial score (nSPS) is 10.9. The van der Waals surface area contributed by atoms with Gasteiger partial charge < -0.3 is 4.74 Å². The zero-order valence-electron chi connectivity index (χ0n) is 10.2. The minimum absolute atomic E-state index is 0.503. The third-order valence-corrected chi connectivity index (χ3v) is 1.81. The van der Waals surface area contributed by atoms with E-state index < -0.39 is 33.8 Å². The highest BCUT2D eigenvalue weighted by Gasteiger charge is 2.23. The van der Waals surface area contributed by atoms with Crippen LogP contribution >= 0.6 is 0 Å². The van der Waals surface area contributed by atoms with Crippen LogP contribution in [-0.2, 0) is 4.74 Å². The maximum absolute atomic E-state index is 13.4. The predicted octanol–water partition coefficient (Wildman–Crippen LogP) is 3.08. The Hall–Kier alpha value is -2.18. The van der Waals surface area contributed by atoms with Gasteiger partial charge in [-0.1, -0.05) is 6.07 Å². The van der Waals surface area contributed by atoms with Crippen LogP contribution in [0.25, 0.3) is 0 Å². The van der Waals surface area contributed by atoms with Crippen molar-refractivity contribution < 1.29 is 18.8 Å². The first kappa shape index (κ1) is 13.9. The Morgan fingerprint density at radius 3 is 2.56 bits per heavy atom. The molecule has 1 amide bonds. The van der Waals surface area contributed by atoms with E-state index in [1.807, 2.05) is 5.32 Å². The van der Waals surface area contributed by atoms with Gasteiger partial charge in [-0.3, -0.25) is 15.4 Å². The lowest BCUT2D eigenvalue weighted by molar-refractivity contribution is -0.384. The van der Waals surface area contributed by atoms with E-state index in [9.17, 15) is 19.3 Å². The number of nitro benzene ring substituents is 1. The van der Waals surface area contributed by atoms with Gasteiger partial charge >= 0.3 is 6.09 Å². The predicted molar refractivity (Wildman–Crippen MR) is 62.9 cm³/mol. The molecule has 6 nitrogen and oxygen atoms in total. The fraction of sp³-hybridized carbons (Fsp3) is 0.364. The van der Waals surface area contributed by atoms with Crippen LogP contribution < -0.4 is 5.32 Å². The van der Waals surface area contributed by atoms with Crippen LogP contribution in [0.4, 0.5) is 20.6 Å². The fourth-order valence-electron chi connectivity index (χ4n) is 1.19. The van der Waals surface area contributed by atoms with Gasteiger partial charge in [0.1, 0.15) is 5.60 Å². The molecule has 0 bridgehead atoms. The number of anilines is 1. The van der Waals surface area contributed by atoms with Crippen molar-refractivity contribution in [3.8, 4) is 0 Å². The smallest absolute Gasteiger partial charge is 0.412 e. The average molecular weight is 256 g/mol. The standard InChI is InChI=1S/C11H13FN2O4/c1-11(2,3)18-10(15)13-9-7(12)5-4-6-8(9)14(16)17/h4-6H,1-3H3,(H,13,15). The number of amides is 1. The minimum atomic E-state index is -0.948. The van der Waals surface area contributed by atoms with Crippen LogP contribution in [-0.4, -0.2) is 16.6 Å². The number of hydrogen-bond acceptors (Lipinski definition) is 4. The lowest BCUT2D eigenvalue weighted by Crippen LogP contribution is -2.27. The topological polar surface area (TPSA) is 81.5 Å². The first-order chi connectivity index (χ1) is 8.20.